The van der Waals surface area contributed by atoms with Crippen LogP contribution in [0.2, 0.25) is 0 Å². The molecule has 2 aliphatic rings. The zero-order chi connectivity index (χ0) is 12.3. The highest BCUT2D eigenvalue weighted by atomic mass is 32.2. The molecule has 1 saturated carbocycles. The van der Waals surface area contributed by atoms with Crippen molar-refractivity contribution >= 4 is 10.0 Å². The van der Waals surface area contributed by atoms with Crippen LogP contribution in [0.5, 0.6) is 0 Å². The molecule has 4 nitrogen and oxygen atoms in total. The van der Waals surface area contributed by atoms with Gasteiger partial charge >= 0.3 is 0 Å². The summed E-state index contributed by atoms with van der Waals surface area (Å²) >= 11 is 0. The van der Waals surface area contributed by atoms with Gasteiger partial charge in [0.05, 0.1) is 5.75 Å². The molecule has 17 heavy (non-hydrogen) atoms. The molecule has 100 valence electrons. The van der Waals surface area contributed by atoms with E-state index in [0.29, 0.717) is 24.1 Å². The number of sulfonamides is 1. The van der Waals surface area contributed by atoms with Crippen LogP contribution < -0.4 is 5.32 Å². The lowest BCUT2D eigenvalue weighted by Crippen LogP contribution is -2.40. The van der Waals surface area contributed by atoms with Crippen LogP contribution in [0.15, 0.2) is 0 Å². The summed E-state index contributed by atoms with van der Waals surface area (Å²) in [7, 11) is -3.00. The standard InChI is InChI=1S/C12H24N2O2S/c1-2-14(9-11-5-7-13-8-6-11)17(15,16)10-12-3-4-12/h11-13H,2-10H2,1H3. The van der Waals surface area contributed by atoms with Crippen molar-refractivity contribution in [2.75, 3.05) is 31.9 Å². The summed E-state index contributed by atoms with van der Waals surface area (Å²) in [5.41, 5.74) is 0. The van der Waals surface area contributed by atoms with Gasteiger partial charge in [0.1, 0.15) is 0 Å². The van der Waals surface area contributed by atoms with E-state index in [0.717, 1.165) is 45.3 Å². The number of piperidine rings is 1. The van der Waals surface area contributed by atoms with Gasteiger partial charge in [-0.25, -0.2) is 12.7 Å². The molecule has 1 aliphatic heterocycles. The van der Waals surface area contributed by atoms with Crippen molar-refractivity contribution in [3.8, 4) is 0 Å². The Morgan fingerprint density at radius 1 is 1.12 bits per heavy atom. The number of hydrogen-bond acceptors (Lipinski definition) is 3. The minimum atomic E-state index is -3.00. The molecule has 1 saturated heterocycles. The molecule has 0 radical (unpaired) electrons. The molecule has 0 amide bonds. The molecule has 0 unspecified atom stereocenters. The molecule has 0 spiro atoms. The third kappa shape index (κ3) is 3.93. The fourth-order valence-corrected chi connectivity index (χ4v) is 4.45. The van der Waals surface area contributed by atoms with Gasteiger partial charge in [0.25, 0.3) is 0 Å². The molecule has 1 N–H and O–H groups in total. The van der Waals surface area contributed by atoms with Crippen molar-refractivity contribution in [1.29, 1.82) is 0 Å². The SMILES string of the molecule is CCN(CC1CCNCC1)S(=O)(=O)CC1CC1. The van der Waals surface area contributed by atoms with Crippen molar-refractivity contribution in [3.63, 3.8) is 0 Å². The van der Waals surface area contributed by atoms with Crippen molar-refractivity contribution in [1.82, 2.24) is 9.62 Å². The Labute approximate surface area is 105 Å². The Balaban J connectivity index is 1.89. The molecular formula is C12H24N2O2S. The number of hydrogen-bond donors (Lipinski definition) is 1. The van der Waals surface area contributed by atoms with E-state index in [-0.39, 0.29) is 0 Å². The van der Waals surface area contributed by atoms with Crippen molar-refractivity contribution in [2.45, 2.75) is 32.6 Å². The Morgan fingerprint density at radius 3 is 2.29 bits per heavy atom. The number of nitrogens with zero attached hydrogens (tertiary/aromatic N) is 1. The van der Waals surface area contributed by atoms with Crippen LogP contribution in [-0.2, 0) is 10.0 Å². The van der Waals surface area contributed by atoms with Crippen molar-refractivity contribution in [2.24, 2.45) is 11.8 Å². The highest BCUT2D eigenvalue weighted by Crippen LogP contribution is 2.31. The minimum Gasteiger partial charge on any atom is -0.317 e. The molecule has 2 fully saturated rings. The Bertz CT molecular complexity index is 332. The van der Waals surface area contributed by atoms with Gasteiger partial charge < -0.3 is 5.32 Å². The Morgan fingerprint density at radius 2 is 1.76 bits per heavy atom. The maximum Gasteiger partial charge on any atom is 0.214 e. The largest absolute Gasteiger partial charge is 0.317 e. The van der Waals surface area contributed by atoms with E-state index in [9.17, 15) is 8.42 Å². The second-order valence-corrected chi connectivity index (χ2v) is 7.38. The number of rotatable bonds is 6. The van der Waals surface area contributed by atoms with Crippen LogP contribution >= 0.6 is 0 Å². The van der Waals surface area contributed by atoms with E-state index in [1.54, 1.807) is 4.31 Å². The molecule has 0 atom stereocenters. The van der Waals surface area contributed by atoms with Crippen LogP contribution in [0.25, 0.3) is 0 Å². The van der Waals surface area contributed by atoms with E-state index >= 15 is 0 Å². The molecule has 2 rings (SSSR count). The first-order valence-corrected chi connectivity index (χ1v) is 8.41. The highest BCUT2D eigenvalue weighted by Gasteiger charge is 2.32. The third-order valence-electron chi connectivity index (χ3n) is 3.81. The van der Waals surface area contributed by atoms with Gasteiger partial charge in [-0.2, -0.15) is 0 Å². The van der Waals surface area contributed by atoms with Gasteiger partial charge in [0.15, 0.2) is 0 Å². The topological polar surface area (TPSA) is 49.4 Å². The average Bonchev–Trinajstić information content (AvgIpc) is 3.10. The van der Waals surface area contributed by atoms with Crippen LogP contribution in [0.1, 0.15) is 32.6 Å². The van der Waals surface area contributed by atoms with Crippen molar-refractivity contribution < 1.29 is 8.42 Å². The van der Waals surface area contributed by atoms with E-state index in [1.165, 1.54) is 0 Å². The average molecular weight is 260 g/mol. The summed E-state index contributed by atoms with van der Waals surface area (Å²) in [5.74, 6) is 1.37. The molecule has 1 heterocycles. The van der Waals surface area contributed by atoms with E-state index in [1.807, 2.05) is 6.92 Å². The fourth-order valence-electron chi connectivity index (χ4n) is 2.48. The summed E-state index contributed by atoms with van der Waals surface area (Å²) in [6, 6.07) is 0. The van der Waals surface area contributed by atoms with Gasteiger partial charge in [-0.3, -0.25) is 0 Å². The molecule has 5 heteroatoms. The summed E-state index contributed by atoms with van der Waals surface area (Å²) in [6.45, 7) is 5.37. The molecular weight excluding hydrogens is 236 g/mol. The quantitative estimate of drug-likeness (QED) is 0.776. The monoisotopic (exact) mass is 260 g/mol. The van der Waals surface area contributed by atoms with Gasteiger partial charge in [0, 0.05) is 13.1 Å². The van der Waals surface area contributed by atoms with Crippen molar-refractivity contribution in [3.05, 3.63) is 0 Å². The lowest BCUT2D eigenvalue weighted by atomic mass is 9.98. The lowest BCUT2D eigenvalue weighted by Gasteiger charge is -2.28. The van der Waals surface area contributed by atoms with Gasteiger partial charge in [-0.05, 0) is 50.6 Å². The predicted molar refractivity (Wildman–Crippen MR) is 69.4 cm³/mol. The second-order valence-electron chi connectivity index (χ2n) is 5.37. The third-order valence-corrected chi connectivity index (χ3v) is 5.90. The van der Waals surface area contributed by atoms with Crippen LogP contribution in [0, 0.1) is 11.8 Å². The Hall–Kier alpha value is -0.130. The predicted octanol–water partition coefficient (Wildman–Crippen LogP) is 1.05. The molecule has 1 aliphatic carbocycles. The van der Waals surface area contributed by atoms with Crippen LogP contribution in [-0.4, -0.2) is 44.7 Å². The maximum absolute atomic E-state index is 12.2. The van der Waals surface area contributed by atoms with E-state index in [2.05, 4.69) is 5.32 Å². The Kier molecular flexibility index (Phi) is 4.44. The molecule has 0 bridgehead atoms. The van der Waals surface area contributed by atoms with E-state index in [4.69, 9.17) is 0 Å². The minimum absolute atomic E-state index is 0.381. The van der Waals surface area contributed by atoms with Gasteiger partial charge in [-0.1, -0.05) is 6.92 Å². The molecule has 0 aromatic heterocycles. The van der Waals surface area contributed by atoms with Crippen LogP contribution in [0.3, 0.4) is 0 Å². The summed E-state index contributed by atoms with van der Waals surface area (Å²) in [6.07, 6.45) is 4.42. The first-order chi connectivity index (χ1) is 8.12. The summed E-state index contributed by atoms with van der Waals surface area (Å²) in [5, 5.41) is 3.32. The molecule has 0 aromatic carbocycles. The van der Waals surface area contributed by atoms with E-state index < -0.39 is 10.0 Å². The van der Waals surface area contributed by atoms with Gasteiger partial charge in [0.2, 0.25) is 10.0 Å². The first-order valence-electron chi connectivity index (χ1n) is 6.80. The molecule has 0 aromatic rings. The maximum atomic E-state index is 12.2. The second kappa shape index (κ2) is 5.67. The smallest absolute Gasteiger partial charge is 0.214 e. The fraction of sp³-hybridized carbons (Fsp3) is 1.00. The normalized spacial score (nSPS) is 23.2. The lowest BCUT2D eigenvalue weighted by molar-refractivity contribution is 0.294. The first kappa shape index (κ1) is 13.3. The highest BCUT2D eigenvalue weighted by molar-refractivity contribution is 7.89. The van der Waals surface area contributed by atoms with Crippen LogP contribution in [0.4, 0.5) is 0 Å². The van der Waals surface area contributed by atoms with Gasteiger partial charge in [-0.15, -0.1) is 0 Å². The summed E-state index contributed by atoms with van der Waals surface area (Å²) < 4.78 is 26.1. The number of nitrogens with one attached hydrogen (secondary N) is 1. The zero-order valence-corrected chi connectivity index (χ0v) is 11.5. The zero-order valence-electron chi connectivity index (χ0n) is 10.7. The summed E-state index contributed by atoms with van der Waals surface area (Å²) in [4.78, 5) is 0.